The Morgan fingerprint density at radius 2 is 1.91 bits per heavy atom. The molecular formula is C17H20N2O4. The molecule has 1 aliphatic rings. The number of hydrogen-bond acceptors (Lipinski definition) is 5. The number of primary amides is 1. The van der Waals surface area contributed by atoms with Gasteiger partial charge in [-0.1, -0.05) is 6.07 Å². The summed E-state index contributed by atoms with van der Waals surface area (Å²) in [5.74, 6) is 2.77. The second-order valence-corrected chi connectivity index (χ2v) is 5.60. The van der Waals surface area contributed by atoms with E-state index in [9.17, 15) is 4.79 Å². The lowest BCUT2D eigenvalue weighted by atomic mass is 10.1. The van der Waals surface area contributed by atoms with Crippen molar-refractivity contribution in [2.45, 2.75) is 20.0 Å². The van der Waals surface area contributed by atoms with E-state index in [4.69, 9.17) is 19.6 Å². The molecule has 0 saturated heterocycles. The van der Waals surface area contributed by atoms with Crippen LogP contribution in [0.5, 0.6) is 11.5 Å². The van der Waals surface area contributed by atoms with Gasteiger partial charge in [-0.3, -0.25) is 9.69 Å². The molecule has 3 rings (SSSR count). The third kappa shape index (κ3) is 4.04. The maximum atomic E-state index is 11.3. The first-order valence-corrected chi connectivity index (χ1v) is 7.54. The van der Waals surface area contributed by atoms with Crippen molar-refractivity contribution in [2.24, 2.45) is 5.73 Å². The maximum absolute atomic E-state index is 11.3. The molecule has 6 heteroatoms. The summed E-state index contributed by atoms with van der Waals surface area (Å²) < 4.78 is 16.7. The largest absolute Gasteiger partial charge is 0.486 e. The molecule has 2 aromatic rings. The average Bonchev–Trinajstić information content (AvgIpc) is 2.91. The van der Waals surface area contributed by atoms with Gasteiger partial charge in [0.15, 0.2) is 11.5 Å². The number of nitrogens with zero attached hydrogens (tertiary/aromatic N) is 1. The van der Waals surface area contributed by atoms with Gasteiger partial charge in [0.2, 0.25) is 5.91 Å². The van der Waals surface area contributed by atoms with Gasteiger partial charge >= 0.3 is 0 Å². The minimum absolute atomic E-state index is 0.161. The third-order valence-electron chi connectivity index (χ3n) is 3.57. The van der Waals surface area contributed by atoms with Gasteiger partial charge in [-0.15, -0.1) is 0 Å². The van der Waals surface area contributed by atoms with E-state index < -0.39 is 0 Å². The van der Waals surface area contributed by atoms with Crippen LogP contribution in [0.4, 0.5) is 0 Å². The molecule has 0 radical (unpaired) electrons. The second kappa shape index (κ2) is 6.75. The SMILES string of the molecule is Cc1ccc(CN(CC(N)=O)Cc2ccc3c(c2)OCCO3)o1. The summed E-state index contributed by atoms with van der Waals surface area (Å²) in [5.41, 5.74) is 6.39. The summed E-state index contributed by atoms with van der Waals surface area (Å²) in [7, 11) is 0. The molecule has 0 bridgehead atoms. The molecule has 6 nitrogen and oxygen atoms in total. The Morgan fingerprint density at radius 1 is 1.13 bits per heavy atom. The van der Waals surface area contributed by atoms with Crippen molar-refractivity contribution >= 4 is 5.91 Å². The van der Waals surface area contributed by atoms with Crippen LogP contribution in [0.3, 0.4) is 0 Å². The van der Waals surface area contributed by atoms with Crippen LogP contribution in [-0.4, -0.2) is 30.6 Å². The predicted molar refractivity (Wildman–Crippen MR) is 84.2 cm³/mol. The molecule has 1 amide bonds. The standard InChI is InChI=1S/C17H20N2O4/c1-12-2-4-14(23-12)10-19(11-17(18)20)9-13-3-5-15-16(8-13)22-7-6-21-15/h2-5,8H,6-7,9-11H2,1H3,(H2,18,20). The lowest BCUT2D eigenvalue weighted by molar-refractivity contribution is -0.119. The molecule has 0 aliphatic carbocycles. The molecule has 122 valence electrons. The summed E-state index contributed by atoms with van der Waals surface area (Å²) in [5, 5.41) is 0. The van der Waals surface area contributed by atoms with Crippen LogP contribution in [0.2, 0.25) is 0 Å². The highest BCUT2D eigenvalue weighted by atomic mass is 16.6. The van der Waals surface area contributed by atoms with E-state index in [1.165, 1.54) is 0 Å². The topological polar surface area (TPSA) is 77.9 Å². The first-order valence-electron chi connectivity index (χ1n) is 7.54. The molecule has 2 heterocycles. The van der Waals surface area contributed by atoms with E-state index in [0.717, 1.165) is 28.6 Å². The number of nitrogens with two attached hydrogens (primary N) is 1. The molecule has 1 aromatic heterocycles. The Labute approximate surface area is 134 Å². The molecule has 0 spiro atoms. The fourth-order valence-corrected chi connectivity index (χ4v) is 2.62. The summed E-state index contributed by atoms with van der Waals surface area (Å²) >= 11 is 0. The summed E-state index contributed by atoms with van der Waals surface area (Å²) in [6.45, 7) is 4.26. The molecular weight excluding hydrogens is 296 g/mol. The highest BCUT2D eigenvalue weighted by molar-refractivity contribution is 5.75. The Hall–Kier alpha value is -2.47. The zero-order valence-electron chi connectivity index (χ0n) is 13.1. The third-order valence-corrected chi connectivity index (χ3v) is 3.57. The molecule has 0 fully saturated rings. The van der Waals surface area contributed by atoms with Crippen LogP contribution < -0.4 is 15.2 Å². The van der Waals surface area contributed by atoms with Crippen molar-refractivity contribution in [3.8, 4) is 11.5 Å². The van der Waals surface area contributed by atoms with Crippen LogP contribution in [0.25, 0.3) is 0 Å². The van der Waals surface area contributed by atoms with Crippen LogP contribution in [-0.2, 0) is 17.9 Å². The minimum atomic E-state index is -0.370. The zero-order chi connectivity index (χ0) is 16.2. The molecule has 23 heavy (non-hydrogen) atoms. The van der Waals surface area contributed by atoms with Crippen molar-refractivity contribution in [2.75, 3.05) is 19.8 Å². The Balaban J connectivity index is 1.73. The maximum Gasteiger partial charge on any atom is 0.231 e. The molecule has 1 aromatic carbocycles. The highest BCUT2D eigenvalue weighted by Crippen LogP contribution is 2.31. The Bertz CT molecular complexity index is 696. The van der Waals surface area contributed by atoms with Gasteiger partial charge in [0.05, 0.1) is 13.1 Å². The van der Waals surface area contributed by atoms with Gasteiger partial charge in [0.25, 0.3) is 0 Å². The van der Waals surface area contributed by atoms with Gasteiger partial charge in [-0.05, 0) is 36.8 Å². The van der Waals surface area contributed by atoms with E-state index in [2.05, 4.69) is 0 Å². The quantitative estimate of drug-likeness (QED) is 0.880. The minimum Gasteiger partial charge on any atom is -0.486 e. The fraction of sp³-hybridized carbons (Fsp3) is 0.353. The summed E-state index contributed by atoms with van der Waals surface area (Å²) in [4.78, 5) is 13.3. The number of furan rings is 1. The lowest BCUT2D eigenvalue weighted by Gasteiger charge is -2.22. The lowest BCUT2D eigenvalue weighted by Crippen LogP contribution is -2.33. The van der Waals surface area contributed by atoms with Gasteiger partial charge in [-0.25, -0.2) is 0 Å². The molecule has 0 atom stereocenters. The van der Waals surface area contributed by atoms with Crippen LogP contribution in [0.15, 0.2) is 34.7 Å². The number of aryl methyl sites for hydroxylation is 1. The van der Waals surface area contributed by atoms with Gasteiger partial charge in [-0.2, -0.15) is 0 Å². The Kier molecular flexibility index (Phi) is 4.52. The van der Waals surface area contributed by atoms with Crippen LogP contribution in [0.1, 0.15) is 17.1 Å². The smallest absolute Gasteiger partial charge is 0.231 e. The molecule has 2 N–H and O–H groups in total. The zero-order valence-corrected chi connectivity index (χ0v) is 13.1. The van der Waals surface area contributed by atoms with Gasteiger partial charge in [0.1, 0.15) is 24.7 Å². The van der Waals surface area contributed by atoms with Crippen molar-refractivity contribution < 1.29 is 18.7 Å². The first kappa shape index (κ1) is 15.4. The van der Waals surface area contributed by atoms with Gasteiger partial charge < -0.3 is 19.6 Å². The van der Waals surface area contributed by atoms with E-state index in [1.807, 2.05) is 42.2 Å². The number of carbonyl (C=O) groups is 1. The first-order chi connectivity index (χ1) is 11.1. The number of amides is 1. The van der Waals surface area contributed by atoms with Crippen molar-refractivity contribution in [3.05, 3.63) is 47.4 Å². The number of rotatable bonds is 6. The number of carbonyl (C=O) groups excluding carboxylic acids is 1. The number of ether oxygens (including phenoxy) is 2. The van der Waals surface area contributed by atoms with Gasteiger partial charge in [0, 0.05) is 6.54 Å². The summed E-state index contributed by atoms with van der Waals surface area (Å²) in [6.07, 6.45) is 0. The number of hydrogen-bond donors (Lipinski definition) is 1. The monoisotopic (exact) mass is 316 g/mol. The van der Waals surface area contributed by atoms with E-state index in [-0.39, 0.29) is 12.5 Å². The fourth-order valence-electron chi connectivity index (χ4n) is 2.62. The normalized spacial score (nSPS) is 13.3. The summed E-state index contributed by atoms with van der Waals surface area (Å²) in [6, 6.07) is 9.61. The molecule has 0 unspecified atom stereocenters. The van der Waals surface area contributed by atoms with Crippen LogP contribution in [0, 0.1) is 6.92 Å². The van der Waals surface area contributed by atoms with Crippen molar-refractivity contribution in [1.29, 1.82) is 0 Å². The highest BCUT2D eigenvalue weighted by Gasteiger charge is 2.15. The van der Waals surface area contributed by atoms with Crippen LogP contribution >= 0.6 is 0 Å². The van der Waals surface area contributed by atoms with Crippen molar-refractivity contribution in [1.82, 2.24) is 4.90 Å². The molecule has 0 saturated carbocycles. The number of fused-ring (bicyclic) bond motifs is 1. The molecule has 1 aliphatic heterocycles. The second-order valence-electron chi connectivity index (χ2n) is 5.60. The van der Waals surface area contributed by atoms with E-state index in [0.29, 0.717) is 26.3 Å². The van der Waals surface area contributed by atoms with E-state index in [1.54, 1.807) is 0 Å². The number of benzene rings is 1. The predicted octanol–water partition coefficient (Wildman–Crippen LogP) is 1.85. The average molecular weight is 316 g/mol. The van der Waals surface area contributed by atoms with Crippen molar-refractivity contribution in [3.63, 3.8) is 0 Å². The van der Waals surface area contributed by atoms with E-state index >= 15 is 0 Å². The Morgan fingerprint density at radius 3 is 2.61 bits per heavy atom.